The Morgan fingerprint density at radius 2 is 2.47 bits per heavy atom. The summed E-state index contributed by atoms with van der Waals surface area (Å²) in [7, 11) is 0. The SMILES string of the molecule is OCCC1CCCN1Cc1cccnc1. The van der Waals surface area contributed by atoms with Crippen LogP contribution >= 0.6 is 0 Å². The molecule has 1 fully saturated rings. The number of pyridine rings is 1. The van der Waals surface area contributed by atoms with Gasteiger partial charge in [0.05, 0.1) is 0 Å². The van der Waals surface area contributed by atoms with E-state index in [2.05, 4.69) is 16.0 Å². The molecule has 1 aromatic rings. The molecule has 1 aliphatic heterocycles. The van der Waals surface area contributed by atoms with Crippen molar-refractivity contribution in [2.24, 2.45) is 0 Å². The summed E-state index contributed by atoms with van der Waals surface area (Å²) >= 11 is 0. The molecule has 1 N–H and O–H groups in total. The van der Waals surface area contributed by atoms with Crippen molar-refractivity contribution in [1.82, 2.24) is 9.88 Å². The molecule has 0 aliphatic carbocycles. The summed E-state index contributed by atoms with van der Waals surface area (Å²) in [6.07, 6.45) is 7.11. The van der Waals surface area contributed by atoms with Crippen LogP contribution in [0.4, 0.5) is 0 Å². The lowest BCUT2D eigenvalue weighted by molar-refractivity contribution is 0.189. The van der Waals surface area contributed by atoms with Crippen LogP contribution in [0.1, 0.15) is 24.8 Å². The van der Waals surface area contributed by atoms with Crippen LogP contribution in [0.5, 0.6) is 0 Å². The quantitative estimate of drug-likeness (QED) is 0.809. The Hall–Kier alpha value is -0.930. The molecule has 2 rings (SSSR count). The van der Waals surface area contributed by atoms with E-state index in [1.807, 2.05) is 12.3 Å². The molecule has 1 unspecified atom stereocenters. The molecule has 1 aromatic heterocycles. The van der Waals surface area contributed by atoms with Gasteiger partial charge in [0.15, 0.2) is 0 Å². The normalized spacial score (nSPS) is 22.1. The average molecular weight is 206 g/mol. The standard InChI is InChI=1S/C12H18N2O/c15-8-5-12-4-2-7-14(12)10-11-3-1-6-13-9-11/h1,3,6,9,12,15H,2,4-5,7-8,10H2. The van der Waals surface area contributed by atoms with Gasteiger partial charge in [-0.3, -0.25) is 9.88 Å². The van der Waals surface area contributed by atoms with E-state index < -0.39 is 0 Å². The van der Waals surface area contributed by atoms with Gasteiger partial charge in [-0.05, 0) is 37.4 Å². The minimum atomic E-state index is 0.300. The third-order valence-electron chi connectivity index (χ3n) is 3.07. The van der Waals surface area contributed by atoms with Crippen molar-refractivity contribution < 1.29 is 5.11 Å². The Morgan fingerprint density at radius 3 is 3.20 bits per heavy atom. The first-order valence-corrected chi connectivity index (χ1v) is 5.64. The minimum Gasteiger partial charge on any atom is -0.396 e. The predicted molar refractivity (Wildman–Crippen MR) is 59.4 cm³/mol. The van der Waals surface area contributed by atoms with Gasteiger partial charge in [-0.25, -0.2) is 0 Å². The van der Waals surface area contributed by atoms with Gasteiger partial charge in [-0.15, -0.1) is 0 Å². The molecule has 0 saturated carbocycles. The molecule has 3 nitrogen and oxygen atoms in total. The Bertz CT molecular complexity index is 289. The van der Waals surface area contributed by atoms with E-state index >= 15 is 0 Å². The van der Waals surface area contributed by atoms with Crippen LogP contribution in [-0.4, -0.2) is 34.2 Å². The summed E-state index contributed by atoms with van der Waals surface area (Å²) in [6.45, 7) is 2.42. The number of aliphatic hydroxyl groups is 1. The van der Waals surface area contributed by atoms with E-state index in [4.69, 9.17) is 5.11 Å². The van der Waals surface area contributed by atoms with E-state index in [0.29, 0.717) is 12.6 Å². The van der Waals surface area contributed by atoms with Gasteiger partial charge >= 0.3 is 0 Å². The monoisotopic (exact) mass is 206 g/mol. The highest BCUT2D eigenvalue weighted by Gasteiger charge is 2.23. The number of likely N-dealkylation sites (tertiary alicyclic amines) is 1. The Labute approximate surface area is 90.8 Å². The van der Waals surface area contributed by atoms with E-state index in [9.17, 15) is 0 Å². The molecule has 1 aliphatic rings. The fourth-order valence-corrected chi connectivity index (χ4v) is 2.31. The lowest BCUT2D eigenvalue weighted by Crippen LogP contribution is -2.29. The van der Waals surface area contributed by atoms with Gasteiger partial charge in [0.1, 0.15) is 0 Å². The molecule has 82 valence electrons. The van der Waals surface area contributed by atoms with Crippen molar-refractivity contribution in [1.29, 1.82) is 0 Å². The summed E-state index contributed by atoms with van der Waals surface area (Å²) in [5.41, 5.74) is 1.27. The van der Waals surface area contributed by atoms with Crippen molar-refractivity contribution in [3.05, 3.63) is 30.1 Å². The van der Waals surface area contributed by atoms with Gasteiger partial charge in [0, 0.05) is 31.6 Å². The molecule has 0 spiro atoms. The maximum absolute atomic E-state index is 8.97. The highest BCUT2D eigenvalue weighted by molar-refractivity contribution is 5.08. The van der Waals surface area contributed by atoms with Gasteiger partial charge in [-0.1, -0.05) is 6.07 Å². The summed E-state index contributed by atoms with van der Waals surface area (Å²) in [5, 5.41) is 8.97. The van der Waals surface area contributed by atoms with Gasteiger partial charge in [-0.2, -0.15) is 0 Å². The molecule has 3 heteroatoms. The first-order valence-electron chi connectivity index (χ1n) is 5.64. The smallest absolute Gasteiger partial charge is 0.0445 e. The summed E-state index contributed by atoms with van der Waals surface area (Å²) in [4.78, 5) is 6.57. The Kier molecular flexibility index (Phi) is 3.69. The second-order valence-corrected chi connectivity index (χ2v) is 4.14. The molecule has 0 amide bonds. The summed E-state index contributed by atoms with van der Waals surface area (Å²) in [5.74, 6) is 0. The number of aromatic nitrogens is 1. The number of hydrogen-bond acceptors (Lipinski definition) is 3. The Balaban J connectivity index is 1.93. The van der Waals surface area contributed by atoms with Crippen molar-refractivity contribution in [3.63, 3.8) is 0 Å². The zero-order valence-electron chi connectivity index (χ0n) is 8.97. The molecule has 0 bridgehead atoms. The highest BCUT2D eigenvalue weighted by Crippen LogP contribution is 2.21. The largest absolute Gasteiger partial charge is 0.396 e. The van der Waals surface area contributed by atoms with Crippen molar-refractivity contribution in [3.8, 4) is 0 Å². The zero-order valence-corrected chi connectivity index (χ0v) is 8.97. The van der Waals surface area contributed by atoms with Gasteiger partial charge in [0.2, 0.25) is 0 Å². The summed E-state index contributed by atoms with van der Waals surface area (Å²) < 4.78 is 0. The van der Waals surface area contributed by atoms with E-state index in [1.165, 1.54) is 18.4 Å². The van der Waals surface area contributed by atoms with Crippen LogP contribution in [0.15, 0.2) is 24.5 Å². The fraction of sp³-hybridized carbons (Fsp3) is 0.583. The topological polar surface area (TPSA) is 36.4 Å². The number of rotatable bonds is 4. The lowest BCUT2D eigenvalue weighted by atomic mass is 10.1. The molecule has 2 heterocycles. The van der Waals surface area contributed by atoms with Crippen LogP contribution in [0, 0.1) is 0 Å². The summed E-state index contributed by atoms with van der Waals surface area (Å²) in [6, 6.07) is 4.66. The molecular formula is C12H18N2O. The number of aliphatic hydroxyl groups excluding tert-OH is 1. The lowest BCUT2D eigenvalue weighted by Gasteiger charge is -2.23. The van der Waals surface area contributed by atoms with Crippen LogP contribution in [0.3, 0.4) is 0 Å². The molecule has 0 aromatic carbocycles. The molecule has 1 atom stereocenters. The van der Waals surface area contributed by atoms with Crippen molar-refractivity contribution >= 4 is 0 Å². The van der Waals surface area contributed by atoms with E-state index in [1.54, 1.807) is 6.20 Å². The minimum absolute atomic E-state index is 0.300. The third-order valence-corrected chi connectivity index (χ3v) is 3.07. The molecular weight excluding hydrogens is 188 g/mol. The highest BCUT2D eigenvalue weighted by atomic mass is 16.3. The van der Waals surface area contributed by atoms with Crippen molar-refractivity contribution in [2.45, 2.75) is 31.8 Å². The molecule has 1 saturated heterocycles. The fourth-order valence-electron chi connectivity index (χ4n) is 2.31. The maximum Gasteiger partial charge on any atom is 0.0445 e. The molecule has 15 heavy (non-hydrogen) atoms. The first-order chi connectivity index (χ1) is 7.40. The molecule has 0 radical (unpaired) electrons. The third kappa shape index (κ3) is 2.76. The zero-order chi connectivity index (χ0) is 10.5. The van der Waals surface area contributed by atoms with Gasteiger partial charge in [0.25, 0.3) is 0 Å². The van der Waals surface area contributed by atoms with Crippen LogP contribution in [-0.2, 0) is 6.54 Å². The number of hydrogen-bond donors (Lipinski definition) is 1. The van der Waals surface area contributed by atoms with E-state index in [0.717, 1.165) is 19.5 Å². The number of nitrogens with zero attached hydrogens (tertiary/aromatic N) is 2. The second-order valence-electron chi connectivity index (χ2n) is 4.14. The average Bonchev–Trinajstić information content (AvgIpc) is 2.68. The first kappa shape index (κ1) is 10.6. The Morgan fingerprint density at radius 1 is 1.53 bits per heavy atom. The van der Waals surface area contributed by atoms with Crippen LogP contribution < -0.4 is 0 Å². The predicted octanol–water partition coefficient (Wildman–Crippen LogP) is 1.43. The van der Waals surface area contributed by atoms with Crippen LogP contribution in [0.25, 0.3) is 0 Å². The van der Waals surface area contributed by atoms with Gasteiger partial charge < -0.3 is 5.11 Å². The maximum atomic E-state index is 8.97. The van der Waals surface area contributed by atoms with Crippen LogP contribution in [0.2, 0.25) is 0 Å². The second kappa shape index (κ2) is 5.24. The van der Waals surface area contributed by atoms with E-state index in [-0.39, 0.29) is 0 Å². The van der Waals surface area contributed by atoms with Crippen molar-refractivity contribution in [2.75, 3.05) is 13.2 Å².